The minimum Gasteiger partial charge on any atom is -0.497 e. The number of nitrogens with zero attached hydrogens (tertiary/aromatic N) is 2. The molecular weight excluding hydrogens is 334 g/mol. The standard InChI is InChI=1S/C19H19N3O4/c1-10-5-6-15-16(11(10)2)20-19(24)17(15)21-22-18(23)12-7-13(25-3)9-14(8-12)26-4/h5-9,20,24H,1-4H3. The molecule has 0 spiro atoms. The lowest BCUT2D eigenvalue weighted by molar-refractivity contribution is 0.0994. The third-order valence-corrected chi connectivity index (χ3v) is 4.30. The number of amides is 1. The Kier molecular flexibility index (Phi) is 4.62. The molecule has 26 heavy (non-hydrogen) atoms. The van der Waals surface area contributed by atoms with Crippen LogP contribution < -0.4 is 9.47 Å². The van der Waals surface area contributed by atoms with Crippen LogP contribution in [0.25, 0.3) is 10.9 Å². The van der Waals surface area contributed by atoms with Gasteiger partial charge in [0.25, 0.3) is 5.91 Å². The molecule has 0 atom stereocenters. The van der Waals surface area contributed by atoms with Crippen LogP contribution in [0.2, 0.25) is 0 Å². The number of hydrogen-bond donors (Lipinski definition) is 2. The molecule has 7 nitrogen and oxygen atoms in total. The van der Waals surface area contributed by atoms with E-state index in [0.29, 0.717) is 16.9 Å². The molecule has 3 rings (SSSR count). The minimum atomic E-state index is -0.570. The van der Waals surface area contributed by atoms with E-state index in [0.717, 1.165) is 16.6 Å². The molecule has 1 amide bonds. The molecule has 0 saturated carbocycles. The van der Waals surface area contributed by atoms with Crippen LogP contribution in [0.15, 0.2) is 40.6 Å². The second-order valence-corrected chi connectivity index (χ2v) is 5.86. The van der Waals surface area contributed by atoms with Crippen LogP contribution >= 0.6 is 0 Å². The number of aryl methyl sites for hydroxylation is 2. The van der Waals surface area contributed by atoms with E-state index >= 15 is 0 Å². The maximum absolute atomic E-state index is 12.4. The van der Waals surface area contributed by atoms with Crippen molar-refractivity contribution in [3.63, 3.8) is 0 Å². The molecule has 1 aromatic heterocycles. The summed E-state index contributed by atoms with van der Waals surface area (Å²) in [6.07, 6.45) is 0. The zero-order valence-corrected chi connectivity index (χ0v) is 15.0. The van der Waals surface area contributed by atoms with Crippen molar-refractivity contribution in [2.45, 2.75) is 13.8 Å². The molecule has 7 heteroatoms. The number of nitrogens with one attached hydrogen (secondary N) is 1. The first-order chi connectivity index (χ1) is 12.4. The fourth-order valence-electron chi connectivity index (χ4n) is 2.66. The SMILES string of the molecule is COc1cc(OC)cc(C(=O)N=Nc2c(O)[nH]c3c(C)c(C)ccc23)c1. The van der Waals surface area contributed by atoms with E-state index in [1.807, 2.05) is 26.0 Å². The second-order valence-electron chi connectivity index (χ2n) is 5.86. The van der Waals surface area contributed by atoms with Crippen molar-refractivity contribution >= 4 is 22.5 Å². The van der Waals surface area contributed by atoms with Crippen molar-refractivity contribution in [3.05, 3.63) is 47.0 Å². The molecule has 2 aromatic carbocycles. The maximum atomic E-state index is 12.4. The molecule has 0 aliphatic rings. The predicted molar refractivity (Wildman–Crippen MR) is 97.8 cm³/mol. The molecule has 0 aliphatic carbocycles. The monoisotopic (exact) mass is 353 g/mol. The van der Waals surface area contributed by atoms with Crippen LogP contribution in [0.5, 0.6) is 17.4 Å². The molecule has 1 heterocycles. The van der Waals surface area contributed by atoms with Crippen molar-refractivity contribution in [2.24, 2.45) is 10.2 Å². The first-order valence-electron chi connectivity index (χ1n) is 7.94. The number of carbonyl (C=O) groups is 1. The number of azo groups is 1. The number of ether oxygens (including phenoxy) is 2. The van der Waals surface area contributed by atoms with Gasteiger partial charge >= 0.3 is 0 Å². The van der Waals surface area contributed by atoms with Crippen molar-refractivity contribution in [2.75, 3.05) is 14.2 Å². The summed E-state index contributed by atoms with van der Waals surface area (Å²) in [6, 6.07) is 8.52. The summed E-state index contributed by atoms with van der Waals surface area (Å²) in [4.78, 5) is 15.3. The van der Waals surface area contributed by atoms with E-state index in [2.05, 4.69) is 15.2 Å². The topological polar surface area (TPSA) is 96.3 Å². The normalized spacial score (nSPS) is 11.2. The van der Waals surface area contributed by atoms with Crippen molar-refractivity contribution in [1.29, 1.82) is 0 Å². The second kappa shape index (κ2) is 6.87. The van der Waals surface area contributed by atoms with Crippen molar-refractivity contribution < 1.29 is 19.4 Å². The molecule has 0 bridgehead atoms. The maximum Gasteiger partial charge on any atom is 0.295 e. The number of rotatable bonds is 4. The van der Waals surface area contributed by atoms with Crippen molar-refractivity contribution in [3.8, 4) is 17.4 Å². The molecule has 0 aliphatic heterocycles. The van der Waals surface area contributed by atoms with Gasteiger partial charge in [-0.15, -0.1) is 10.2 Å². The van der Waals surface area contributed by atoms with Crippen LogP contribution in [0.4, 0.5) is 5.69 Å². The van der Waals surface area contributed by atoms with Gasteiger partial charge in [-0.25, -0.2) is 0 Å². The van der Waals surface area contributed by atoms with E-state index in [1.54, 1.807) is 18.2 Å². The molecule has 0 fully saturated rings. The minimum absolute atomic E-state index is 0.131. The lowest BCUT2D eigenvalue weighted by Gasteiger charge is -2.05. The van der Waals surface area contributed by atoms with Gasteiger partial charge in [0.15, 0.2) is 5.69 Å². The van der Waals surface area contributed by atoms with Gasteiger partial charge in [0.1, 0.15) is 11.5 Å². The summed E-state index contributed by atoms with van der Waals surface area (Å²) in [5.41, 5.74) is 3.36. The summed E-state index contributed by atoms with van der Waals surface area (Å²) >= 11 is 0. The highest BCUT2D eigenvalue weighted by molar-refractivity contribution is 5.98. The number of benzene rings is 2. The van der Waals surface area contributed by atoms with Crippen LogP contribution in [0.3, 0.4) is 0 Å². The van der Waals surface area contributed by atoms with E-state index < -0.39 is 5.91 Å². The number of H-pyrrole nitrogens is 1. The summed E-state index contributed by atoms with van der Waals surface area (Å²) in [6.45, 7) is 3.93. The van der Waals surface area contributed by atoms with Gasteiger partial charge < -0.3 is 19.6 Å². The zero-order valence-electron chi connectivity index (χ0n) is 15.0. The molecule has 0 radical (unpaired) electrons. The number of hydrogen-bond acceptors (Lipinski definition) is 5. The van der Waals surface area contributed by atoms with Gasteiger partial charge in [-0.3, -0.25) is 4.79 Å². The van der Waals surface area contributed by atoms with Gasteiger partial charge in [-0.2, -0.15) is 0 Å². The fourth-order valence-corrected chi connectivity index (χ4v) is 2.66. The fraction of sp³-hybridized carbons (Fsp3) is 0.211. The van der Waals surface area contributed by atoms with Crippen LogP contribution in [-0.2, 0) is 0 Å². The molecule has 0 unspecified atom stereocenters. The van der Waals surface area contributed by atoms with Crippen molar-refractivity contribution in [1.82, 2.24) is 4.98 Å². The third-order valence-electron chi connectivity index (χ3n) is 4.30. The van der Waals surface area contributed by atoms with Crippen LogP contribution in [0, 0.1) is 13.8 Å². The molecule has 0 saturated heterocycles. The highest BCUT2D eigenvalue weighted by Gasteiger charge is 2.14. The number of aromatic nitrogens is 1. The van der Waals surface area contributed by atoms with Gasteiger partial charge in [0.05, 0.1) is 25.3 Å². The number of carbonyl (C=O) groups excluding carboxylic acids is 1. The average Bonchev–Trinajstić information content (AvgIpc) is 2.98. The Bertz CT molecular complexity index is 999. The van der Waals surface area contributed by atoms with E-state index in [9.17, 15) is 9.90 Å². The predicted octanol–water partition coefficient (Wildman–Crippen LogP) is 4.43. The lowest BCUT2D eigenvalue weighted by Crippen LogP contribution is -1.96. The first kappa shape index (κ1) is 17.5. The quantitative estimate of drug-likeness (QED) is 0.678. The zero-order chi connectivity index (χ0) is 18.8. The Balaban J connectivity index is 1.98. The summed E-state index contributed by atoms with van der Waals surface area (Å²) in [5.74, 6) is 0.251. The van der Waals surface area contributed by atoms with Gasteiger partial charge in [-0.1, -0.05) is 12.1 Å². The third kappa shape index (κ3) is 3.11. The highest BCUT2D eigenvalue weighted by Crippen LogP contribution is 2.37. The van der Waals surface area contributed by atoms with Crippen LogP contribution in [-0.4, -0.2) is 30.2 Å². The lowest BCUT2D eigenvalue weighted by atomic mass is 10.1. The summed E-state index contributed by atoms with van der Waals surface area (Å²) < 4.78 is 10.3. The Morgan fingerprint density at radius 2 is 1.73 bits per heavy atom. The Morgan fingerprint density at radius 3 is 2.35 bits per heavy atom. The molecular formula is C19H19N3O4. The largest absolute Gasteiger partial charge is 0.497 e. The number of fused-ring (bicyclic) bond motifs is 1. The van der Waals surface area contributed by atoms with Crippen LogP contribution in [0.1, 0.15) is 21.5 Å². The van der Waals surface area contributed by atoms with Gasteiger partial charge in [0.2, 0.25) is 5.88 Å². The Morgan fingerprint density at radius 1 is 1.08 bits per heavy atom. The molecule has 2 N–H and O–H groups in total. The van der Waals surface area contributed by atoms with Gasteiger partial charge in [-0.05, 0) is 37.1 Å². The number of aromatic amines is 1. The molecule has 134 valence electrons. The number of aromatic hydroxyl groups is 1. The number of methoxy groups -OCH3 is 2. The first-order valence-corrected chi connectivity index (χ1v) is 7.94. The van der Waals surface area contributed by atoms with Gasteiger partial charge in [0, 0.05) is 11.5 Å². The smallest absolute Gasteiger partial charge is 0.295 e. The molecule has 3 aromatic rings. The Labute approximate surface area is 150 Å². The highest BCUT2D eigenvalue weighted by atomic mass is 16.5. The summed E-state index contributed by atoms with van der Waals surface area (Å²) in [5, 5.41) is 18.5. The van der Waals surface area contributed by atoms with E-state index in [1.165, 1.54) is 14.2 Å². The summed E-state index contributed by atoms with van der Waals surface area (Å²) in [7, 11) is 3.00. The average molecular weight is 353 g/mol. The van der Waals surface area contributed by atoms with E-state index in [4.69, 9.17) is 9.47 Å². The van der Waals surface area contributed by atoms with E-state index in [-0.39, 0.29) is 17.1 Å². The Hall–Kier alpha value is -3.35.